The van der Waals surface area contributed by atoms with Gasteiger partial charge in [0.1, 0.15) is 17.4 Å². The van der Waals surface area contributed by atoms with Crippen molar-refractivity contribution in [3.8, 4) is 11.1 Å². The molecular weight excluding hydrogens is 250 g/mol. The van der Waals surface area contributed by atoms with Crippen LogP contribution in [0.1, 0.15) is 26.5 Å². The third-order valence-electron chi connectivity index (χ3n) is 2.63. The van der Waals surface area contributed by atoms with Gasteiger partial charge in [-0.25, -0.2) is 8.78 Å². The molecule has 2 N–H and O–H groups in total. The fraction of sp³-hybridized carbons (Fsp3) is 0.357. The molecule has 0 spiro atoms. The molecule has 0 aliphatic carbocycles. The number of hydrogen-bond donors (Lipinski definition) is 1. The van der Waals surface area contributed by atoms with Crippen LogP contribution in [-0.2, 0) is 6.42 Å². The maximum absolute atomic E-state index is 13.3. The van der Waals surface area contributed by atoms with Gasteiger partial charge in [-0.3, -0.25) is 0 Å². The van der Waals surface area contributed by atoms with Crippen LogP contribution < -0.4 is 5.73 Å². The Balaban J connectivity index is 2.52. The fourth-order valence-corrected chi connectivity index (χ4v) is 1.95. The summed E-state index contributed by atoms with van der Waals surface area (Å²) in [5.41, 5.74) is 6.50. The molecule has 1 aromatic heterocycles. The first-order valence-corrected chi connectivity index (χ1v) is 5.97. The minimum atomic E-state index is -0.655. The van der Waals surface area contributed by atoms with Crippen LogP contribution in [0.15, 0.2) is 22.7 Å². The Bertz CT molecular complexity index is 580. The van der Waals surface area contributed by atoms with Crippen molar-refractivity contribution in [3.63, 3.8) is 0 Å². The molecule has 0 bridgehead atoms. The molecule has 2 rings (SSSR count). The summed E-state index contributed by atoms with van der Waals surface area (Å²) in [5, 5.41) is 3.69. The van der Waals surface area contributed by atoms with E-state index in [0.717, 1.165) is 6.07 Å². The van der Waals surface area contributed by atoms with Crippen molar-refractivity contribution in [1.29, 1.82) is 0 Å². The molecule has 1 aromatic carbocycles. The highest BCUT2D eigenvalue weighted by Crippen LogP contribution is 2.34. The Hall–Kier alpha value is -1.91. The molecule has 0 fully saturated rings. The monoisotopic (exact) mass is 266 g/mol. The maximum atomic E-state index is 13.3. The summed E-state index contributed by atoms with van der Waals surface area (Å²) in [5.74, 6) is -0.631. The van der Waals surface area contributed by atoms with E-state index in [0.29, 0.717) is 23.3 Å². The van der Waals surface area contributed by atoms with Crippen LogP contribution in [-0.4, -0.2) is 5.16 Å². The number of hydrogen-bond acceptors (Lipinski definition) is 3. The second-order valence-electron chi connectivity index (χ2n) is 5.76. The van der Waals surface area contributed by atoms with Crippen molar-refractivity contribution < 1.29 is 13.3 Å². The highest BCUT2D eigenvalue weighted by molar-refractivity contribution is 5.75. The molecule has 0 amide bonds. The van der Waals surface area contributed by atoms with Crippen molar-refractivity contribution in [2.75, 3.05) is 5.73 Å². The van der Waals surface area contributed by atoms with Crippen molar-refractivity contribution in [2.24, 2.45) is 5.41 Å². The van der Waals surface area contributed by atoms with Crippen LogP contribution in [0.4, 0.5) is 14.6 Å². The third kappa shape index (κ3) is 3.10. The Labute approximate surface area is 110 Å². The third-order valence-corrected chi connectivity index (χ3v) is 2.63. The van der Waals surface area contributed by atoms with E-state index < -0.39 is 11.6 Å². The molecule has 2 aromatic rings. The average molecular weight is 266 g/mol. The first-order valence-electron chi connectivity index (χ1n) is 5.97. The lowest BCUT2D eigenvalue weighted by Gasteiger charge is -2.16. The molecule has 0 saturated carbocycles. The summed E-state index contributed by atoms with van der Waals surface area (Å²) in [6, 6.07) is 3.26. The van der Waals surface area contributed by atoms with Crippen LogP contribution in [0.25, 0.3) is 11.1 Å². The smallest absolute Gasteiger partial charge is 0.175 e. The molecule has 5 heteroatoms. The lowest BCUT2D eigenvalue weighted by atomic mass is 9.88. The van der Waals surface area contributed by atoms with Crippen LogP contribution >= 0.6 is 0 Å². The molecule has 0 aliphatic rings. The van der Waals surface area contributed by atoms with Gasteiger partial charge in [-0.15, -0.1) is 0 Å². The molecule has 102 valence electrons. The average Bonchev–Trinajstić information content (AvgIpc) is 2.55. The van der Waals surface area contributed by atoms with E-state index in [2.05, 4.69) is 5.16 Å². The summed E-state index contributed by atoms with van der Waals surface area (Å²) in [4.78, 5) is 0. The number of nitrogens with two attached hydrogens (primary N) is 1. The standard InChI is InChI=1S/C14H16F2N2O/c1-14(2,3)7-11-12(13(17)18-19-11)8-4-9(15)6-10(16)5-8/h4-6H,7H2,1-3H3,(H2,17,18). The first-order chi connectivity index (χ1) is 8.76. The van der Waals surface area contributed by atoms with Crippen LogP contribution in [0.2, 0.25) is 0 Å². The first kappa shape index (κ1) is 13.5. The lowest BCUT2D eigenvalue weighted by molar-refractivity contribution is 0.322. The molecule has 3 nitrogen and oxygen atoms in total. The minimum absolute atomic E-state index is 0.0490. The van der Waals surface area contributed by atoms with Crippen molar-refractivity contribution >= 4 is 5.82 Å². The van der Waals surface area contributed by atoms with E-state index in [1.54, 1.807) is 0 Å². The highest BCUT2D eigenvalue weighted by atomic mass is 19.1. The van der Waals surface area contributed by atoms with E-state index in [-0.39, 0.29) is 11.2 Å². The zero-order valence-electron chi connectivity index (χ0n) is 11.1. The summed E-state index contributed by atoms with van der Waals surface area (Å²) >= 11 is 0. The Morgan fingerprint density at radius 3 is 2.26 bits per heavy atom. The number of nitrogen functional groups attached to an aromatic ring is 1. The van der Waals surface area contributed by atoms with E-state index in [9.17, 15) is 8.78 Å². The summed E-state index contributed by atoms with van der Waals surface area (Å²) < 4.78 is 31.8. The van der Waals surface area contributed by atoms with Gasteiger partial charge in [0.2, 0.25) is 0 Å². The van der Waals surface area contributed by atoms with Crippen molar-refractivity contribution in [3.05, 3.63) is 35.6 Å². The fourth-order valence-electron chi connectivity index (χ4n) is 1.95. The largest absolute Gasteiger partial charge is 0.380 e. The maximum Gasteiger partial charge on any atom is 0.175 e. The number of rotatable bonds is 2. The highest BCUT2D eigenvalue weighted by Gasteiger charge is 2.22. The van der Waals surface area contributed by atoms with Gasteiger partial charge in [0, 0.05) is 12.5 Å². The molecule has 0 atom stereocenters. The SMILES string of the molecule is CC(C)(C)Cc1onc(N)c1-c1cc(F)cc(F)c1. The van der Waals surface area contributed by atoms with Gasteiger partial charge in [-0.05, 0) is 23.1 Å². The number of anilines is 1. The number of aromatic nitrogens is 1. The predicted octanol–water partition coefficient (Wildman–Crippen LogP) is 3.79. The minimum Gasteiger partial charge on any atom is -0.380 e. The number of halogens is 2. The molecule has 19 heavy (non-hydrogen) atoms. The number of benzene rings is 1. The van der Waals surface area contributed by atoms with Crippen molar-refractivity contribution in [1.82, 2.24) is 5.16 Å². The summed E-state index contributed by atoms with van der Waals surface area (Å²) in [6.45, 7) is 6.09. The number of nitrogens with zero attached hydrogens (tertiary/aromatic N) is 1. The molecule has 0 unspecified atom stereocenters. The van der Waals surface area contributed by atoms with Crippen LogP contribution in [0.5, 0.6) is 0 Å². The molecule has 0 radical (unpaired) electrons. The van der Waals surface area contributed by atoms with Gasteiger partial charge >= 0.3 is 0 Å². The van der Waals surface area contributed by atoms with Crippen LogP contribution in [0.3, 0.4) is 0 Å². The van der Waals surface area contributed by atoms with Gasteiger partial charge in [0.05, 0.1) is 5.56 Å². The summed E-state index contributed by atoms with van der Waals surface area (Å²) in [7, 11) is 0. The molecule has 0 saturated heterocycles. The van der Waals surface area contributed by atoms with Gasteiger partial charge in [0.15, 0.2) is 5.82 Å². The quantitative estimate of drug-likeness (QED) is 0.899. The van der Waals surface area contributed by atoms with Gasteiger partial charge in [0.25, 0.3) is 0 Å². The van der Waals surface area contributed by atoms with Gasteiger partial charge in [-0.2, -0.15) is 0 Å². The Morgan fingerprint density at radius 2 is 1.74 bits per heavy atom. The second kappa shape index (κ2) is 4.64. The predicted molar refractivity (Wildman–Crippen MR) is 69.4 cm³/mol. The molecule has 0 aliphatic heterocycles. The van der Waals surface area contributed by atoms with Crippen LogP contribution in [0, 0.1) is 17.0 Å². The zero-order valence-corrected chi connectivity index (χ0v) is 11.1. The van der Waals surface area contributed by atoms with Crippen molar-refractivity contribution in [2.45, 2.75) is 27.2 Å². The second-order valence-corrected chi connectivity index (χ2v) is 5.76. The normalized spacial score (nSPS) is 11.8. The molecular formula is C14H16F2N2O. The van der Waals surface area contributed by atoms with E-state index in [1.807, 2.05) is 20.8 Å². The van der Waals surface area contributed by atoms with E-state index >= 15 is 0 Å². The Morgan fingerprint density at radius 1 is 1.16 bits per heavy atom. The van der Waals surface area contributed by atoms with Gasteiger partial charge < -0.3 is 10.3 Å². The lowest BCUT2D eigenvalue weighted by Crippen LogP contribution is -2.09. The van der Waals surface area contributed by atoms with E-state index in [4.69, 9.17) is 10.3 Å². The molecule has 1 heterocycles. The van der Waals surface area contributed by atoms with Gasteiger partial charge in [-0.1, -0.05) is 25.9 Å². The zero-order chi connectivity index (χ0) is 14.2. The Kier molecular flexibility index (Phi) is 3.30. The van der Waals surface area contributed by atoms with E-state index in [1.165, 1.54) is 12.1 Å². The topological polar surface area (TPSA) is 52.0 Å². The summed E-state index contributed by atoms with van der Waals surface area (Å²) in [6.07, 6.45) is 0.574.